The Morgan fingerprint density at radius 3 is 2.79 bits per heavy atom. The number of benzene rings is 1. The monoisotopic (exact) mass is 390 g/mol. The van der Waals surface area contributed by atoms with E-state index in [9.17, 15) is 10.1 Å². The van der Waals surface area contributed by atoms with Crippen molar-refractivity contribution in [2.45, 2.75) is 26.4 Å². The normalized spacial score (nSPS) is 11.8. The zero-order valence-corrected chi connectivity index (χ0v) is 16.7. The SMILES string of the molecule is COc1ccncc1/C=C(\C#N)c1c[nH]c2ccc(NC(=O)OC(C)(C)C)cc12. The van der Waals surface area contributed by atoms with Crippen LogP contribution in [-0.2, 0) is 4.74 Å². The number of H-pyrrole nitrogens is 1. The second-order valence-electron chi connectivity index (χ2n) is 7.38. The van der Waals surface area contributed by atoms with Gasteiger partial charge in [0.25, 0.3) is 0 Å². The number of nitrogens with zero attached hydrogens (tertiary/aromatic N) is 2. The number of hydrogen-bond acceptors (Lipinski definition) is 5. The highest BCUT2D eigenvalue weighted by molar-refractivity contribution is 6.03. The van der Waals surface area contributed by atoms with E-state index < -0.39 is 11.7 Å². The highest BCUT2D eigenvalue weighted by atomic mass is 16.6. The Morgan fingerprint density at radius 2 is 2.10 bits per heavy atom. The van der Waals surface area contributed by atoms with Gasteiger partial charge in [-0.15, -0.1) is 0 Å². The molecule has 0 aliphatic carbocycles. The van der Waals surface area contributed by atoms with Crippen LogP contribution in [0.25, 0.3) is 22.6 Å². The molecule has 0 unspecified atom stereocenters. The Labute approximate surface area is 169 Å². The average molecular weight is 390 g/mol. The molecular weight excluding hydrogens is 368 g/mol. The number of carbonyl (C=O) groups is 1. The Hall–Kier alpha value is -3.79. The summed E-state index contributed by atoms with van der Waals surface area (Å²) in [5, 5.41) is 13.3. The molecule has 7 heteroatoms. The Morgan fingerprint density at radius 1 is 1.31 bits per heavy atom. The van der Waals surface area contributed by atoms with Crippen LogP contribution in [0.5, 0.6) is 5.75 Å². The number of amides is 1. The summed E-state index contributed by atoms with van der Waals surface area (Å²) < 4.78 is 10.6. The number of anilines is 1. The fourth-order valence-corrected chi connectivity index (χ4v) is 2.86. The Bertz CT molecular complexity index is 1120. The third-order valence-corrected chi connectivity index (χ3v) is 4.07. The molecule has 3 rings (SSSR count). The minimum Gasteiger partial charge on any atom is -0.496 e. The number of allylic oxidation sites excluding steroid dienone is 1. The molecule has 0 saturated heterocycles. The lowest BCUT2D eigenvalue weighted by Gasteiger charge is -2.19. The van der Waals surface area contributed by atoms with Crippen molar-refractivity contribution in [2.75, 3.05) is 12.4 Å². The number of methoxy groups -OCH3 is 1. The van der Waals surface area contributed by atoms with Crippen LogP contribution in [0, 0.1) is 11.3 Å². The quantitative estimate of drug-likeness (QED) is 0.612. The van der Waals surface area contributed by atoms with E-state index in [0.717, 1.165) is 10.9 Å². The van der Waals surface area contributed by atoms with Crippen molar-refractivity contribution in [2.24, 2.45) is 0 Å². The summed E-state index contributed by atoms with van der Waals surface area (Å²) in [5.74, 6) is 0.625. The maximum absolute atomic E-state index is 12.1. The van der Waals surface area contributed by atoms with E-state index in [2.05, 4.69) is 21.4 Å². The maximum Gasteiger partial charge on any atom is 0.412 e. The molecule has 1 aromatic carbocycles. The molecule has 0 aliphatic heterocycles. The van der Waals surface area contributed by atoms with Crippen molar-refractivity contribution in [1.82, 2.24) is 9.97 Å². The van der Waals surface area contributed by atoms with Crippen LogP contribution in [0.4, 0.5) is 10.5 Å². The van der Waals surface area contributed by atoms with Crippen molar-refractivity contribution in [3.05, 3.63) is 54.0 Å². The van der Waals surface area contributed by atoms with E-state index in [1.165, 1.54) is 0 Å². The highest BCUT2D eigenvalue weighted by Crippen LogP contribution is 2.30. The van der Waals surface area contributed by atoms with Gasteiger partial charge in [0, 0.05) is 46.3 Å². The van der Waals surface area contributed by atoms with Gasteiger partial charge in [-0.3, -0.25) is 10.3 Å². The van der Waals surface area contributed by atoms with E-state index >= 15 is 0 Å². The van der Waals surface area contributed by atoms with Crippen molar-refractivity contribution in [3.63, 3.8) is 0 Å². The molecule has 29 heavy (non-hydrogen) atoms. The van der Waals surface area contributed by atoms with Gasteiger partial charge in [0.1, 0.15) is 11.4 Å². The van der Waals surface area contributed by atoms with Gasteiger partial charge >= 0.3 is 6.09 Å². The molecule has 0 spiro atoms. The highest BCUT2D eigenvalue weighted by Gasteiger charge is 2.17. The number of fused-ring (bicyclic) bond motifs is 1. The van der Waals surface area contributed by atoms with Gasteiger partial charge in [-0.05, 0) is 51.1 Å². The standard InChI is InChI=1S/C22H22N4O3/c1-22(2,3)29-21(27)26-16-5-6-19-17(10-16)18(13-25-19)14(11-23)9-15-12-24-8-7-20(15)28-4/h5-10,12-13,25H,1-4H3,(H,26,27)/b14-9+. The minimum absolute atomic E-state index is 0.442. The lowest BCUT2D eigenvalue weighted by molar-refractivity contribution is 0.0636. The fraction of sp³-hybridized carbons (Fsp3) is 0.227. The van der Waals surface area contributed by atoms with Crippen LogP contribution in [0.15, 0.2) is 42.9 Å². The van der Waals surface area contributed by atoms with E-state index in [4.69, 9.17) is 9.47 Å². The maximum atomic E-state index is 12.1. The third kappa shape index (κ3) is 4.74. The van der Waals surface area contributed by atoms with Crippen molar-refractivity contribution in [1.29, 1.82) is 5.26 Å². The van der Waals surface area contributed by atoms with Crippen LogP contribution in [0.1, 0.15) is 31.9 Å². The summed E-state index contributed by atoms with van der Waals surface area (Å²) in [5.41, 5.74) is 2.67. The summed E-state index contributed by atoms with van der Waals surface area (Å²) in [7, 11) is 1.57. The number of pyridine rings is 1. The number of carbonyl (C=O) groups excluding carboxylic acids is 1. The molecule has 7 nitrogen and oxygen atoms in total. The molecule has 0 atom stereocenters. The molecule has 0 aliphatic rings. The summed E-state index contributed by atoms with van der Waals surface area (Å²) in [6.07, 6.45) is 6.22. The molecule has 148 valence electrons. The summed E-state index contributed by atoms with van der Waals surface area (Å²) >= 11 is 0. The lowest BCUT2D eigenvalue weighted by Crippen LogP contribution is -2.27. The first kappa shape index (κ1) is 20.0. The van der Waals surface area contributed by atoms with Crippen molar-refractivity contribution in [3.8, 4) is 11.8 Å². The summed E-state index contributed by atoms with van der Waals surface area (Å²) in [6.45, 7) is 5.41. The first-order valence-electron chi connectivity index (χ1n) is 9.02. The minimum atomic E-state index is -0.590. The lowest BCUT2D eigenvalue weighted by atomic mass is 10.0. The largest absolute Gasteiger partial charge is 0.496 e. The molecular formula is C22H22N4O3. The average Bonchev–Trinajstić information content (AvgIpc) is 3.08. The van der Waals surface area contributed by atoms with Crippen LogP contribution in [0.3, 0.4) is 0 Å². The van der Waals surface area contributed by atoms with E-state index in [1.54, 1.807) is 70.7 Å². The van der Waals surface area contributed by atoms with Gasteiger partial charge in [0.15, 0.2) is 0 Å². The zero-order chi connectivity index (χ0) is 21.0. The third-order valence-electron chi connectivity index (χ3n) is 4.07. The summed E-state index contributed by atoms with van der Waals surface area (Å²) in [6, 6.07) is 9.38. The van der Waals surface area contributed by atoms with Gasteiger partial charge < -0.3 is 14.5 Å². The molecule has 0 bridgehead atoms. The van der Waals surface area contributed by atoms with Crippen molar-refractivity contribution < 1.29 is 14.3 Å². The van der Waals surface area contributed by atoms with Gasteiger partial charge in [0.2, 0.25) is 0 Å². The zero-order valence-electron chi connectivity index (χ0n) is 16.7. The van der Waals surface area contributed by atoms with Crippen LogP contribution >= 0.6 is 0 Å². The van der Waals surface area contributed by atoms with E-state index in [-0.39, 0.29) is 0 Å². The van der Waals surface area contributed by atoms with E-state index in [0.29, 0.717) is 28.1 Å². The molecule has 1 amide bonds. The Kier molecular flexibility index (Phi) is 5.55. The predicted octanol–water partition coefficient (Wildman–Crippen LogP) is 4.98. The molecule has 2 N–H and O–H groups in total. The first-order valence-corrected chi connectivity index (χ1v) is 9.02. The van der Waals surface area contributed by atoms with Gasteiger partial charge in [0.05, 0.1) is 18.8 Å². The second-order valence-corrected chi connectivity index (χ2v) is 7.38. The first-order chi connectivity index (χ1) is 13.8. The van der Waals surface area contributed by atoms with Gasteiger partial charge in [-0.2, -0.15) is 5.26 Å². The molecule has 3 aromatic rings. The predicted molar refractivity (Wildman–Crippen MR) is 112 cm³/mol. The molecule has 2 aromatic heterocycles. The molecule has 2 heterocycles. The topological polar surface area (TPSA) is 100 Å². The second kappa shape index (κ2) is 8.07. The number of rotatable bonds is 4. The number of aromatic amines is 1. The molecule has 0 saturated carbocycles. The van der Waals surface area contributed by atoms with Crippen LogP contribution in [0.2, 0.25) is 0 Å². The van der Waals surface area contributed by atoms with Crippen molar-refractivity contribution >= 4 is 34.3 Å². The number of nitriles is 1. The fourth-order valence-electron chi connectivity index (χ4n) is 2.86. The van der Waals surface area contributed by atoms with Crippen LogP contribution < -0.4 is 10.1 Å². The number of hydrogen-bond donors (Lipinski definition) is 2. The van der Waals surface area contributed by atoms with E-state index in [1.807, 2.05) is 6.07 Å². The molecule has 0 fully saturated rings. The number of aromatic nitrogens is 2. The van der Waals surface area contributed by atoms with Crippen LogP contribution in [-0.4, -0.2) is 28.8 Å². The number of ether oxygens (including phenoxy) is 2. The summed E-state index contributed by atoms with van der Waals surface area (Å²) in [4.78, 5) is 19.3. The smallest absolute Gasteiger partial charge is 0.412 e. The Balaban J connectivity index is 1.98. The molecule has 0 radical (unpaired) electrons. The van der Waals surface area contributed by atoms with Gasteiger partial charge in [-0.25, -0.2) is 4.79 Å². The number of nitrogens with one attached hydrogen (secondary N) is 2. The van der Waals surface area contributed by atoms with Gasteiger partial charge in [-0.1, -0.05) is 0 Å².